The predicted octanol–water partition coefficient (Wildman–Crippen LogP) is 3.57. The van der Waals surface area contributed by atoms with Gasteiger partial charge in [-0.1, -0.05) is 35.5 Å². The molecule has 7 nitrogen and oxygen atoms in total. The lowest BCUT2D eigenvalue weighted by Crippen LogP contribution is -2.38. The number of carbonyl (C=O) groups is 1. The Labute approximate surface area is 169 Å². The summed E-state index contributed by atoms with van der Waals surface area (Å²) in [7, 11) is 0. The van der Waals surface area contributed by atoms with Crippen LogP contribution in [0.5, 0.6) is 0 Å². The Hall–Kier alpha value is -3.19. The van der Waals surface area contributed by atoms with Crippen molar-refractivity contribution in [2.45, 2.75) is 32.4 Å². The molecule has 4 rings (SSSR count). The molecule has 0 unspecified atom stereocenters. The zero-order valence-corrected chi connectivity index (χ0v) is 16.4. The summed E-state index contributed by atoms with van der Waals surface area (Å²) in [4.78, 5) is 16.8. The second-order valence-corrected chi connectivity index (χ2v) is 7.08. The maximum atomic E-state index is 12.4. The van der Waals surface area contributed by atoms with E-state index < -0.39 is 0 Å². The molecule has 0 aliphatic carbocycles. The van der Waals surface area contributed by atoms with Crippen LogP contribution in [0.3, 0.4) is 0 Å². The third-order valence-corrected chi connectivity index (χ3v) is 5.06. The van der Waals surface area contributed by atoms with E-state index >= 15 is 0 Å². The minimum atomic E-state index is -0.0998. The second-order valence-electron chi connectivity index (χ2n) is 7.08. The molecule has 0 atom stereocenters. The number of amides is 1. The number of carbonyl (C=O) groups excluding carboxylic acids is 1. The Balaban J connectivity index is 1.39. The Morgan fingerprint density at radius 3 is 2.66 bits per heavy atom. The van der Waals surface area contributed by atoms with Crippen molar-refractivity contribution in [1.29, 1.82) is 0 Å². The largest absolute Gasteiger partial charge is 0.381 e. The molecule has 150 valence electrons. The molecule has 2 N–H and O–H groups in total. The van der Waals surface area contributed by atoms with Gasteiger partial charge in [0.1, 0.15) is 17.3 Å². The van der Waals surface area contributed by atoms with Gasteiger partial charge in [-0.25, -0.2) is 4.98 Å². The van der Waals surface area contributed by atoms with E-state index in [1.807, 2.05) is 43.3 Å². The quantitative estimate of drug-likeness (QED) is 0.667. The van der Waals surface area contributed by atoms with E-state index in [0.717, 1.165) is 35.4 Å². The number of nitrogens with zero attached hydrogens (tertiary/aromatic N) is 2. The van der Waals surface area contributed by atoms with E-state index in [4.69, 9.17) is 9.26 Å². The fourth-order valence-electron chi connectivity index (χ4n) is 3.34. The Morgan fingerprint density at radius 1 is 1.14 bits per heavy atom. The lowest BCUT2D eigenvalue weighted by Gasteiger charge is -2.23. The summed E-state index contributed by atoms with van der Waals surface area (Å²) >= 11 is 0. The predicted molar refractivity (Wildman–Crippen MR) is 110 cm³/mol. The van der Waals surface area contributed by atoms with Crippen LogP contribution in [0.2, 0.25) is 0 Å². The SMILES string of the molecule is Cc1onc(-c2ccccc2)c1CNc1ccc(C(=O)NC2CCOCC2)cn1. The van der Waals surface area contributed by atoms with Crippen LogP contribution in [-0.2, 0) is 11.3 Å². The van der Waals surface area contributed by atoms with E-state index in [1.165, 1.54) is 0 Å². The van der Waals surface area contributed by atoms with Crippen LogP contribution in [0.4, 0.5) is 5.82 Å². The maximum Gasteiger partial charge on any atom is 0.253 e. The third kappa shape index (κ3) is 4.63. The van der Waals surface area contributed by atoms with Crippen LogP contribution in [0.1, 0.15) is 34.5 Å². The average Bonchev–Trinajstić information content (AvgIpc) is 3.14. The van der Waals surface area contributed by atoms with E-state index in [-0.39, 0.29) is 11.9 Å². The molecule has 1 saturated heterocycles. The summed E-state index contributed by atoms with van der Waals surface area (Å²) < 4.78 is 10.7. The number of aryl methyl sites for hydroxylation is 1. The van der Waals surface area contributed by atoms with E-state index in [1.54, 1.807) is 12.3 Å². The van der Waals surface area contributed by atoms with E-state index in [0.29, 0.717) is 31.1 Å². The first-order valence-corrected chi connectivity index (χ1v) is 9.80. The van der Waals surface area contributed by atoms with Gasteiger partial charge in [-0.2, -0.15) is 0 Å². The lowest BCUT2D eigenvalue weighted by atomic mass is 10.1. The highest BCUT2D eigenvalue weighted by Gasteiger charge is 2.17. The molecular weight excluding hydrogens is 368 g/mol. The molecule has 1 aliphatic rings. The molecule has 1 aliphatic heterocycles. The summed E-state index contributed by atoms with van der Waals surface area (Å²) in [5.74, 6) is 1.35. The summed E-state index contributed by atoms with van der Waals surface area (Å²) in [6.07, 6.45) is 3.29. The summed E-state index contributed by atoms with van der Waals surface area (Å²) in [5.41, 5.74) is 3.37. The summed E-state index contributed by atoms with van der Waals surface area (Å²) in [5, 5.41) is 10.5. The second kappa shape index (κ2) is 8.87. The highest BCUT2D eigenvalue weighted by atomic mass is 16.5. The molecule has 0 spiro atoms. The summed E-state index contributed by atoms with van der Waals surface area (Å²) in [6, 6.07) is 13.7. The van der Waals surface area contributed by atoms with Crippen LogP contribution in [0.15, 0.2) is 53.2 Å². The molecule has 1 fully saturated rings. The van der Waals surface area contributed by atoms with Crippen LogP contribution in [-0.4, -0.2) is 35.3 Å². The topological polar surface area (TPSA) is 89.3 Å². The van der Waals surface area contributed by atoms with Crippen LogP contribution >= 0.6 is 0 Å². The van der Waals surface area contributed by atoms with Gasteiger partial charge in [0.15, 0.2) is 0 Å². The first kappa shape index (κ1) is 19.1. The van der Waals surface area contributed by atoms with Gasteiger partial charge >= 0.3 is 0 Å². The molecule has 3 aromatic rings. The fraction of sp³-hybridized carbons (Fsp3) is 0.318. The normalized spacial score (nSPS) is 14.5. The number of anilines is 1. The molecule has 1 amide bonds. The zero-order chi connectivity index (χ0) is 20.1. The lowest BCUT2D eigenvalue weighted by molar-refractivity contribution is 0.0696. The highest BCUT2D eigenvalue weighted by Crippen LogP contribution is 2.25. The number of pyridine rings is 1. The molecule has 2 aromatic heterocycles. The van der Waals surface area contributed by atoms with Gasteiger partial charge in [0.2, 0.25) is 0 Å². The third-order valence-electron chi connectivity index (χ3n) is 5.06. The van der Waals surface area contributed by atoms with Gasteiger partial charge in [-0.3, -0.25) is 4.79 Å². The van der Waals surface area contributed by atoms with Gasteiger partial charge in [-0.05, 0) is 31.9 Å². The number of hydrogen-bond donors (Lipinski definition) is 2. The van der Waals surface area contributed by atoms with Crippen molar-refractivity contribution in [1.82, 2.24) is 15.5 Å². The average molecular weight is 392 g/mol. The van der Waals surface area contributed by atoms with Crippen LogP contribution in [0, 0.1) is 6.92 Å². The molecule has 7 heteroatoms. The minimum absolute atomic E-state index is 0.0998. The summed E-state index contributed by atoms with van der Waals surface area (Å²) in [6.45, 7) is 3.81. The molecule has 0 saturated carbocycles. The minimum Gasteiger partial charge on any atom is -0.381 e. The van der Waals surface area contributed by atoms with Crippen molar-refractivity contribution in [3.8, 4) is 11.3 Å². The van der Waals surface area contributed by atoms with Crippen molar-refractivity contribution in [2.24, 2.45) is 0 Å². The van der Waals surface area contributed by atoms with Gasteiger partial charge in [0.05, 0.1) is 5.56 Å². The van der Waals surface area contributed by atoms with Gasteiger partial charge in [-0.15, -0.1) is 0 Å². The molecule has 0 bridgehead atoms. The van der Waals surface area contributed by atoms with Crippen molar-refractivity contribution < 1.29 is 14.1 Å². The maximum absolute atomic E-state index is 12.4. The first-order valence-electron chi connectivity index (χ1n) is 9.80. The number of nitrogens with one attached hydrogen (secondary N) is 2. The number of aromatic nitrogens is 2. The van der Waals surface area contributed by atoms with Gasteiger partial charge in [0, 0.05) is 43.1 Å². The van der Waals surface area contributed by atoms with E-state index in [9.17, 15) is 4.79 Å². The monoisotopic (exact) mass is 392 g/mol. The highest BCUT2D eigenvalue weighted by molar-refractivity contribution is 5.94. The van der Waals surface area contributed by atoms with Crippen molar-refractivity contribution >= 4 is 11.7 Å². The Kier molecular flexibility index (Phi) is 5.86. The number of benzene rings is 1. The zero-order valence-electron chi connectivity index (χ0n) is 16.4. The Morgan fingerprint density at radius 2 is 1.93 bits per heavy atom. The van der Waals surface area contributed by atoms with Crippen LogP contribution < -0.4 is 10.6 Å². The van der Waals surface area contributed by atoms with Gasteiger partial charge < -0.3 is 19.9 Å². The van der Waals surface area contributed by atoms with Gasteiger partial charge in [0.25, 0.3) is 5.91 Å². The number of hydrogen-bond acceptors (Lipinski definition) is 6. The Bertz CT molecular complexity index is 948. The van der Waals surface area contributed by atoms with E-state index in [2.05, 4.69) is 20.8 Å². The fourth-order valence-corrected chi connectivity index (χ4v) is 3.34. The van der Waals surface area contributed by atoms with Crippen LogP contribution in [0.25, 0.3) is 11.3 Å². The first-order chi connectivity index (χ1) is 14.2. The molecule has 1 aromatic carbocycles. The number of ether oxygens (including phenoxy) is 1. The molecule has 3 heterocycles. The molecule has 29 heavy (non-hydrogen) atoms. The molecule has 0 radical (unpaired) electrons. The molecular formula is C22H24N4O3. The van der Waals surface area contributed by atoms with Crippen molar-refractivity contribution in [2.75, 3.05) is 18.5 Å². The standard InChI is InChI=1S/C22H24N4O3/c1-15-19(21(26-29-15)16-5-3-2-4-6-16)14-24-20-8-7-17(13-23-20)22(27)25-18-9-11-28-12-10-18/h2-8,13,18H,9-12,14H2,1H3,(H,23,24)(H,25,27). The van der Waals surface area contributed by atoms with Crippen molar-refractivity contribution in [3.63, 3.8) is 0 Å². The smallest absolute Gasteiger partial charge is 0.253 e. The number of rotatable bonds is 6. The van der Waals surface area contributed by atoms with Crippen molar-refractivity contribution in [3.05, 3.63) is 65.5 Å².